The fraction of sp³-hybridized carbons (Fsp3) is 0.0370. The Kier molecular flexibility index (Phi) is 4.20. The third-order valence-electron chi connectivity index (χ3n) is 5.69. The molecule has 0 saturated heterocycles. The van der Waals surface area contributed by atoms with Crippen LogP contribution in [0.25, 0.3) is 27.9 Å². The minimum absolute atomic E-state index is 0.102. The molecule has 6 nitrogen and oxygen atoms in total. The number of furan rings is 1. The predicted octanol–water partition coefficient (Wildman–Crippen LogP) is 5.76. The van der Waals surface area contributed by atoms with Crippen LogP contribution in [0.2, 0.25) is 0 Å². The van der Waals surface area contributed by atoms with Gasteiger partial charge in [0, 0.05) is 41.2 Å². The second kappa shape index (κ2) is 7.24. The van der Waals surface area contributed by atoms with E-state index in [-0.39, 0.29) is 23.1 Å². The molecule has 1 aliphatic heterocycles. The highest BCUT2D eigenvalue weighted by atomic mass is 16.5. The molecule has 33 heavy (non-hydrogen) atoms. The topological polar surface area (TPSA) is 70.7 Å². The van der Waals surface area contributed by atoms with Crippen LogP contribution < -0.4 is 9.47 Å². The van der Waals surface area contributed by atoms with E-state index in [1.807, 2.05) is 60.3 Å². The second-order valence-corrected chi connectivity index (χ2v) is 7.85. The van der Waals surface area contributed by atoms with Crippen molar-refractivity contribution in [1.29, 1.82) is 0 Å². The maximum absolute atomic E-state index is 12.9. The van der Waals surface area contributed by atoms with Gasteiger partial charge in [-0.1, -0.05) is 36.4 Å². The van der Waals surface area contributed by atoms with Crippen LogP contribution in [0.4, 0.5) is 0 Å². The largest absolute Gasteiger partial charge is 0.452 e. The van der Waals surface area contributed by atoms with Gasteiger partial charge < -0.3 is 18.5 Å². The molecule has 0 spiro atoms. The average Bonchev–Trinajstić information content (AvgIpc) is 3.49. The number of carbonyl (C=O) groups excluding carboxylic acids is 2. The lowest BCUT2D eigenvalue weighted by Crippen LogP contribution is -2.07. The highest BCUT2D eigenvalue weighted by Crippen LogP contribution is 2.36. The van der Waals surface area contributed by atoms with Crippen LogP contribution in [0, 0.1) is 0 Å². The van der Waals surface area contributed by atoms with E-state index >= 15 is 0 Å². The fourth-order valence-corrected chi connectivity index (χ4v) is 4.10. The summed E-state index contributed by atoms with van der Waals surface area (Å²) in [6.45, 7) is 0. The summed E-state index contributed by atoms with van der Waals surface area (Å²) in [5.41, 5.74) is 2.98. The molecule has 0 radical (unpaired) electrons. The lowest BCUT2D eigenvalue weighted by molar-refractivity contribution is 0.0703. The third-order valence-corrected chi connectivity index (χ3v) is 5.69. The van der Waals surface area contributed by atoms with Crippen LogP contribution in [0.15, 0.2) is 89.2 Å². The number of hydrogen-bond donors (Lipinski definition) is 0. The number of para-hydroxylation sites is 2. The second-order valence-electron chi connectivity index (χ2n) is 7.85. The van der Waals surface area contributed by atoms with E-state index < -0.39 is 5.97 Å². The summed E-state index contributed by atoms with van der Waals surface area (Å²) in [5, 5.41) is 1.84. The van der Waals surface area contributed by atoms with Gasteiger partial charge in [0.2, 0.25) is 11.5 Å². The summed E-state index contributed by atoms with van der Waals surface area (Å²) in [7, 11) is 1.96. The number of esters is 1. The Bertz CT molecular complexity index is 1590. The van der Waals surface area contributed by atoms with Gasteiger partial charge in [-0.15, -0.1) is 0 Å². The molecule has 0 N–H and O–H groups in total. The Labute approximate surface area is 188 Å². The van der Waals surface area contributed by atoms with Gasteiger partial charge >= 0.3 is 5.97 Å². The molecule has 3 heterocycles. The first kappa shape index (κ1) is 19.1. The monoisotopic (exact) mass is 435 g/mol. The highest BCUT2D eigenvalue weighted by Gasteiger charge is 2.28. The maximum atomic E-state index is 12.9. The summed E-state index contributed by atoms with van der Waals surface area (Å²) >= 11 is 0. The predicted molar refractivity (Wildman–Crippen MR) is 123 cm³/mol. The van der Waals surface area contributed by atoms with E-state index in [2.05, 4.69) is 0 Å². The Morgan fingerprint density at radius 1 is 1.00 bits per heavy atom. The van der Waals surface area contributed by atoms with Crippen molar-refractivity contribution in [3.63, 3.8) is 0 Å². The number of allylic oxidation sites excluding steroid dienone is 1. The molecule has 0 amide bonds. The molecule has 3 aromatic carbocycles. The SMILES string of the molecule is Cn1cc(/C=C2\Oc3cc(OC(=O)c4cc5ccccc5o4)ccc3C2=O)c2ccccc21. The summed E-state index contributed by atoms with van der Waals surface area (Å²) < 4.78 is 18.9. The quantitative estimate of drug-likeness (QED) is 0.205. The van der Waals surface area contributed by atoms with E-state index in [4.69, 9.17) is 13.9 Å². The number of carbonyl (C=O) groups is 2. The summed E-state index contributed by atoms with van der Waals surface area (Å²) in [6, 6.07) is 21.6. The Morgan fingerprint density at radius 2 is 1.82 bits per heavy atom. The summed E-state index contributed by atoms with van der Waals surface area (Å²) in [4.78, 5) is 25.4. The molecule has 0 atom stereocenters. The molecule has 0 fully saturated rings. The zero-order valence-corrected chi connectivity index (χ0v) is 17.6. The number of aryl methyl sites for hydroxylation is 1. The van der Waals surface area contributed by atoms with E-state index in [1.54, 1.807) is 30.3 Å². The molecule has 0 aliphatic carbocycles. The normalized spacial score (nSPS) is 14.1. The first-order chi connectivity index (χ1) is 16.1. The van der Waals surface area contributed by atoms with Crippen LogP contribution >= 0.6 is 0 Å². The van der Waals surface area contributed by atoms with Gasteiger partial charge in [-0.05, 0) is 36.4 Å². The molecular weight excluding hydrogens is 418 g/mol. The number of aromatic nitrogens is 1. The maximum Gasteiger partial charge on any atom is 0.379 e. The lowest BCUT2D eigenvalue weighted by atomic mass is 10.1. The van der Waals surface area contributed by atoms with Crippen molar-refractivity contribution in [3.8, 4) is 11.5 Å². The minimum Gasteiger partial charge on any atom is -0.452 e. The molecule has 6 rings (SSSR count). The molecule has 5 aromatic rings. The van der Waals surface area contributed by atoms with Crippen LogP contribution in [0.3, 0.4) is 0 Å². The fourth-order valence-electron chi connectivity index (χ4n) is 4.10. The smallest absolute Gasteiger partial charge is 0.379 e. The zero-order valence-electron chi connectivity index (χ0n) is 17.6. The molecule has 0 saturated carbocycles. The number of rotatable bonds is 3. The van der Waals surface area contributed by atoms with Crippen molar-refractivity contribution in [3.05, 3.63) is 102 Å². The number of nitrogens with zero attached hydrogens (tertiary/aromatic N) is 1. The van der Waals surface area contributed by atoms with Crippen LogP contribution in [0.1, 0.15) is 26.5 Å². The van der Waals surface area contributed by atoms with Crippen molar-refractivity contribution in [2.75, 3.05) is 0 Å². The molecule has 160 valence electrons. The zero-order chi connectivity index (χ0) is 22.5. The molecule has 0 bridgehead atoms. The van der Waals surface area contributed by atoms with Crippen LogP contribution in [0.5, 0.6) is 11.5 Å². The summed E-state index contributed by atoms with van der Waals surface area (Å²) in [5.74, 6) is 0.0993. The van der Waals surface area contributed by atoms with Gasteiger partial charge in [-0.3, -0.25) is 4.79 Å². The van der Waals surface area contributed by atoms with Gasteiger partial charge in [0.25, 0.3) is 0 Å². The van der Waals surface area contributed by atoms with E-state index in [0.717, 1.165) is 21.9 Å². The third kappa shape index (κ3) is 3.20. The van der Waals surface area contributed by atoms with E-state index in [9.17, 15) is 9.59 Å². The number of fused-ring (bicyclic) bond motifs is 3. The molecule has 6 heteroatoms. The number of ketones is 1. The average molecular weight is 435 g/mol. The minimum atomic E-state index is -0.623. The number of benzene rings is 3. The number of hydrogen-bond acceptors (Lipinski definition) is 5. The Morgan fingerprint density at radius 3 is 2.70 bits per heavy atom. The van der Waals surface area contributed by atoms with Crippen molar-refractivity contribution < 1.29 is 23.5 Å². The molecule has 0 unspecified atom stereocenters. The van der Waals surface area contributed by atoms with Crippen molar-refractivity contribution in [2.45, 2.75) is 0 Å². The first-order valence-electron chi connectivity index (χ1n) is 10.4. The van der Waals surface area contributed by atoms with E-state index in [1.165, 1.54) is 6.07 Å². The van der Waals surface area contributed by atoms with Crippen molar-refractivity contribution in [1.82, 2.24) is 4.57 Å². The lowest BCUT2D eigenvalue weighted by Gasteiger charge is -2.04. The van der Waals surface area contributed by atoms with Gasteiger partial charge in [0.05, 0.1) is 5.56 Å². The first-order valence-corrected chi connectivity index (χ1v) is 10.4. The van der Waals surface area contributed by atoms with Gasteiger partial charge in [0.15, 0.2) is 5.76 Å². The van der Waals surface area contributed by atoms with Crippen molar-refractivity contribution in [2.24, 2.45) is 7.05 Å². The molecule has 1 aliphatic rings. The molecular formula is C27H17NO5. The van der Waals surface area contributed by atoms with Gasteiger partial charge in [-0.2, -0.15) is 0 Å². The summed E-state index contributed by atoms with van der Waals surface area (Å²) in [6.07, 6.45) is 3.70. The number of Topliss-reactive ketones (excluding diaryl/α,β-unsaturated/α-hetero) is 1. The van der Waals surface area contributed by atoms with Crippen LogP contribution in [-0.4, -0.2) is 16.3 Å². The van der Waals surface area contributed by atoms with Gasteiger partial charge in [0.1, 0.15) is 17.1 Å². The van der Waals surface area contributed by atoms with Crippen LogP contribution in [-0.2, 0) is 7.05 Å². The number of ether oxygens (including phenoxy) is 2. The molecule has 2 aromatic heterocycles. The standard InChI is InChI=1S/C27H17NO5/c1-28-15-17(19-7-3-4-8-21(19)28)13-24-26(29)20-11-10-18(14-23(20)33-24)31-27(30)25-12-16-6-2-5-9-22(16)32-25/h2-15H,1H3/b24-13-. The van der Waals surface area contributed by atoms with E-state index in [0.29, 0.717) is 16.9 Å². The Balaban J connectivity index is 1.27. The van der Waals surface area contributed by atoms with Gasteiger partial charge in [-0.25, -0.2) is 4.79 Å². The highest BCUT2D eigenvalue weighted by molar-refractivity contribution is 6.15. The van der Waals surface area contributed by atoms with Crippen molar-refractivity contribution >= 4 is 39.7 Å². The Hall–Kier alpha value is -4.58.